The zero-order chi connectivity index (χ0) is 14.4. The molecule has 0 unspecified atom stereocenters. The van der Waals surface area contributed by atoms with E-state index in [0.717, 1.165) is 0 Å². The van der Waals surface area contributed by atoms with Gasteiger partial charge in [-0.1, -0.05) is 0 Å². The number of nitroso groups, excluding NO2 is 1. The van der Waals surface area contributed by atoms with E-state index in [-0.39, 0.29) is 16.8 Å². The standard InChI is InChI=1S/C9H17N2.2CHO.Co.NO/c1-8(2)10-5-6-11(7-10)9(3)4;2*1-2;;1-2/h5-9H,1-4H3;2*1H;;/q3*-1;;-1. The third kappa shape index (κ3) is 11.3. The van der Waals surface area contributed by atoms with Gasteiger partial charge in [0.1, 0.15) is 0 Å². The molecule has 0 aromatic carbocycles. The number of hydrogen-bond acceptors (Lipinski definition) is 5. The summed E-state index contributed by atoms with van der Waals surface area (Å²) in [4.78, 5) is 27.2. The minimum atomic E-state index is 0. The predicted molar refractivity (Wildman–Crippen MR) is 67.6 cm³/mol. The van der Waals surface area contributed by atoms with Gasteiger partial charge in [0.25, 0.3) is 0 Å². The van der Waals surface area contributed by atoms with Crippen molar-refractivity contribution < 1.29 is 26.4 Å². The molecule has 0 aliphatic carbocycles. The number of carbonyl (C=O) groups excluding carboxylic acids is 2. The molecule has 0 aromatic rings. The Bertz CT molecular complexity index is 183. The zero-order valence-corrected chi connectivity index (χ0v) is 12.0. The average Bonchev–Trinajstić information content (AvgIpc) is 2.86. The van der Waals surface area contributed by atoms with Crippen molar-refractivity contribution in [3.8, 4) is 0 Å². The molecule has 1 aliphatic heterocycles. The molecule has 7 heteroatoms. The third-order valence-corrected chi connectivity index (χ3v) is 1.87. The van der Waals surface area contributed by atoms with Gasteiger partial charge in [-0.3, -0.25) is 13.6 Å². The quantitative estimate of drug-likeness (QED) is 0.573. The van der Waals surface area contributed by atoms with Gasteiger partial charge in [0.15, 0.2) is 0 Å². The van der Waals surface area contributed by atoms with Gasteiger partial charge in [-0.15, -0.1) is 0 Å². The van der Waals surface area contributed by atoms with E-state index >= 15 is 0 Å². The summed E-state index contributed by atoms with van der Waals surface area (Å²) in [5.74, 6) is 0. The molecule has 1 aliphatic rings. The number of rotatable bonds is 2. The van der Waals surface area contributed by atoms with Crippen LogP contribution in [0.1, 0.15) is 27.7 Å². The van der Waals surface area contributed by atoms with Crippen LogP contribution in [0.25, 0.3) is 5.59 Å². The van der Waals surface area contributed by atoms with E-state index in [1.807, 2.05) is 0 Å². The topological polar surface area (TPSA) is 80.0 Å². The number of nitrogens with zero attached hydrogens (tertiary/aromatic N) is 3. The second-order valence-electron chi connectivity index (χ2n) is 3.50. The predicted octanol–water partition coefficient (Wildman–Crippen LogP) is 1.78. The third-order valence-electron chi connectivity index (χ3n) is 1.87. The van der Waals surface area contributed by atoms with E-state index in [0.29, 0.717) is 12.1 Å². The number of hydrogen-bond donors (Lipinski definition) is 0. The van der Waals surface area contributed by atoms with Gasteiger partial charge < -0.3 is 29.9 Å². The summed E-state index contributed by atoms with van der Waals surface area (Å²) >= 11 is 0. The van der Waals surface area contributed by atoms with Crippen LogP contribution < -0.4 is 0 Å². The van der Waals surface area contributed by atoms with Crippen LogP contribution in [0, 0.1) is 11.6 Å². The Hall–Kier alpha value is -1.21. The SMILES string of the molecule is CC(C)N1C=CN(C(C)C)[CH-]1.[CH-]=O.[CH-]=O.[Co].[N-]=O. The van der Waals surface area contributed by atoms with Crippen LogP contribution in [0.4, 0.5) is 0 Å². The van der Waals surface area contributed by atoms with Crippen molar-refractivity contribution in [1.82, 2.24) is 9.80 Å². The van der Waals surface area contributed by atoms with Crippen molar-refractivity contribution in [2.45, 2.75) is 39.8 Å². The maximum atomic E-state index is 7.75. The Labute approximate surface area is 119 Å². The Morgan fingerprint density at radius 3 is 1.22 bits per heavy atom. The summed E-state index contributed by atoms with van der Waals surface area (Å²) in [6.45, 7) is 17.4. The van der Waals surface area contributed by atoms with Crippen LogP contribution >= 0.6 is 0 Å². The summed E-state index contributed by atoms with van der Waals surface area (Å²) in [6.07, 6.45) is 4.23. The van der Waals surface area contributed by atoms with Crippen LogP contribution in [0.3, 0.4) is 0 Å². The van der Waals surface area contributed by atoms with Crippen molar-refractivity contribution >= 4 is 13.6 Å². The molecule has 0 saturated heterocycles. The maximum absolute atomic E-state index is 7.75. The smallest absolute Gasteiger partial charge is 0 e. The fourth-order valence-electron chi connectivity index (χ4n) is 0.996. The first-order chi connectivity index (χ1) is 8.11. The summed E-state index contributed by atoms with van der Waals surface area (Å²) in [5, 5.41) is 0. The van der Waals surface area contributed by atoms with Gasteiger partial charge >= 0.3 is 0 Å². The Kier molecular flexibility index (Phi) is 25.8. The summed E-state index contributed by atoms with van der Waals surface area (Å²) in [7, 11) is 0. The molecule has 0 spiro atoms. The van der Waals surface area contributed by atoms with Crippen LogP contribution in [0.5, 0.6) is 0 Å². The Morgan fingerprint density at radius 2 is 1.11 bits per heavy atom. The molecule has 1 heterocycles. The van der Waals surface area contributed by atoms with Gasteiger partial charge in [-0.2, -0.15) is 6.67 Å². The monoisotopic (exact) mass is 300 g/mol. The van der Waals surface area contributed by atoms with E-state index in [4.69, 9.17) is 20.1 Å². The van der Waals surface area contributed by atoms with E-state index in [2.05, 4.69) is 70.1 Å². The van der Waals surface area contributed by atoms with Gasteiger partial charge in [0.05, 0.1) is 0 Å². The maximum Gasteiger partial charge on any atom is 0 e. The zero-order valence-electron chi connectivity index (χ0n) is 10.9. The molecule has 18 heavy (non-hydrogen) atoms. The van der Waals surface area contributed by atoms with Crippen LogP contribution in [0.2, 0.25) is 0 Å². The van der Waals surface area contributed by atoms with E-state index in [1.54, 1.807) is 0 Å². The minimum absolute atomic E-state index is 0. The molecular formula is C11H19CoN3O3-4. The first-order valence-electron chi connectivity index (χ1n) is 4.85. The van der Waals surface area contributed by atoms with Gasteiger partial charge in [-0.05, 0) is 52.2 Å². The molecule has 1 rings (SSSR count). The van der Waals surface area contributed by atoms with E-state index in [1.165, 1.54) is 0 Å². The molecule has 0 saturated carbocycles. The molecule has 109 valence electrons. The average molecular weight is 300 g/mol. The fourth-order valence-corrected chi connectivity index (χ4v) is 0.996. The first-order valence-corrected chi connectivity index (χ1v) is 4.85. The fraction of sp³-hybridized carbons (Fsp3) is 0.545. The molecule has 0 aromatic heterocycles. The van der Waals surface area contributed by atoms with Gasteiger partial charge in [0, 0.05) is 16.8 Å². The van der Waals surface area contributed by atoms with Crippen molar-refractivity contribution in [3.63, 3.8) is 0 Å². The van der Waals surface area contributed by atoms with Crippen LogP contribution in [0.15, 0.2) is 12.4 Å². The molecule has 0 amide bonds. The van der Waals surface area contributed by atoms with Gasteiger partial charge in [-0.25, -0.2) is 0 Å². The Morgan fingerprint density at radius 1 is 0.889 bits per heavy atom. The molecule has 0 bridgehead atoms. The first kappa shape index (κ1) is 25.6. The van der Waals surface area contributed by atoms with Crippen molar-refractivity contribution in [2.75, 3.05) is 0 Å². The molecule has 0 N–H and O–H groups in total. The second-order valence-corrected chi connectivity index (χ2v) is 3.50. The molecule has 0 fully saturated rings. The normalized spacial score (nSPS) is 11.4. The van der Waals surface area contributed by atoms with E-state index in [9.17, 15) is 0 Å². The van der Waals surface area contributed by atoms with Crippen molar-refractivity contribution in [1.29, 1.82) is 0 Å². The van der Waals surface area contributed by atoms with Gasteiger partial charge in [0.2, 0.25) is 0 Å². The van der Waals surface area contributed by atoms with Crippen molar-refractivity contribution in [3.05, 3.63) is 29.6 Å². The minimum Gasteiger partial charge on any atom is -0.577 e. The van der Waals surface area contributed by atoms with Crippen LogP contribution in [-0.2, 0) is 26.4 Å². The summed E-state index contributed by atoms with van der Waals surface area (Å²) in [6, 6.07) is 1.13. The van der Waals surface area contributed by atoms with E-state index < -0.39 is 0 Å². The largest absolute Gasteiger partial charge is 0.577 e. The second kappa shape index (κ2) is 18.2. The van der Waals surface area contributed by atoms with Crippen LogP contribution in [-0.4, -0.2) is 35.5 Å². The summed E-state index contributed by atoms with van der Waals surface area (Å²) in [5.41, 5.74) is 5.75. The molecule has 6 nitrogen and oxygen atoms in total. The molecule has 1 radical (unpaired) electrons. The summed E-state index contributed by atoms with van der Waals surface area (Å²) < 4.78 is 0. The van der Waals surface area contributed by atoms with Crippen molar-refractivity contribution in [2.24, 2.45) is 0 Å². The molecule has 0 atom stereocenters. The molecular weight excluding hydrogens is 281 g/mol. The Balaban J connectivity index is -0.000000123.